The van der Waals surface area contributed by atoms with E-state index in [9.17, 15) is 13.2 Å². The third-order valence-corrected chi connectivity index (χ3v) is 4.44. The number of nitrogens with one attached hydrogen (secondary N) is 2. The number of para-hydroxylation sites is 1. The summed E-state index contributed by atoms with van der Waals surface area (Å²) in [5.41, 5.74) is 0.226. The summed E-state index contributed by atoms with van der Waals surface area (Å²) in [5, 5.41) is 7.69. The summed E-state index contributed by atoms with van der Waals surface area (Å²) in [7, 11) is 0. The zero-order chi connectivity index (χ0) is 19.7. The second kappa shape index (κ2) is 10.1. The summed E-state index contributed by atoms with van der Waals surface area (Å²) in [5.74, 6) is 1.43. The second-order valence-electron chi connectivity index (χ2n) is 5.68. The fourth-order valence-corrected chi connectivity index (χ4v) is 3.00. The minimum atomic E-state index is -4.40. The van der Waals surface area contributed by atoms with Crippen LogP contribution in [-0.2, 0) is 12.6 Å². The standard InChI is InChI=1S/C18H23F3N4OS/c1-3-22-17(24-10-11-26-14-7-5-4-6-13(14)2)23-9-8-16-25-15(12-27-16)18(19,20)21/h4-7,12H,3,8-11H2,1-2H3,(H2,22,23,24). The van der Waals surface area contributed by atoms with Gasteiger partial charge in [0.25, 0.3) is 0 Å². The van der Waals surface area contributed by atoms with Crippen LogP contribution in [-0.4, -0.2) is 37.2 Å². The van der Waals surface area contributed by atoms with Crippen molar-refractivity contribution in [1.29, 1.82) is 0 Å². The Hall–Kier alpha value is -2.29. The minimum Gasteiger partial charge on any atom is -0.491 e. The quantitative estimate of drug-likeness (QED) is 0.404. The molecular formula is C18H23F3N4OS. The largest absolute Gasteiger partial charge is 0.491 e. The number of alkyl halides is 3. The van der Waals surface area contributed by atoms with Crippen LogP contribution in [0.3, 0.4) is 0 Å². The molecule has 0 unspecified atom stereocenters. The monoisotopic (exact) mass is 400 g/mol. The van der Waals surface area contributed by atoms with E-state index in [0.717, 1.165) is 28.0 Å². The number of nitrogens with zero attached hydrogens (tertiary/aromatic N) is 2. The number of thiazole rings is 1. The normalized spacial score (nSPS) is 12.1. The van der Waals surface area contributed by atoms with Crippen molar-refractivity contribution >= 4 is 17.3 Å². The first-order chi connectivity index (χ1) is 12.9. The van der Waals surface area contributed by atoms with Crippen LogP contribution in [0.4, 0.5) is 13.2 Å². The highest BCUT2D eigenvalue weighted by Crippen LogP contribution is 2.30. The van der Waals surface area contributed by atoms with E-state index in [2.05, 4.69) is 20.6 Å². The molecule has 0 amide bonds. The van der Waals surface area contributed by atoms with Gasteiger partial charge < -0.3 is 15.4 Å². The van der Waals surface area contributed by atoms with Crippen LogP contribution in [0.15, 0.2) is 34.6 Å². The van der Waals surface area contributed by atoms with Gasteiger partial charge in [-0.2, -0.15) is 13.2 Å². The Balaban J connectivity index is 1.78. The Morgan fingerprint density at radius 3 is 2.70 bits per heavy atom. The smallest absolute Gasteiger partial charge is 0.434 e. The van der Waals surface area contributed by atoms with Crippen molar-refractivity contribution in [2.45, 2.75) is 26.4 Å². The number of ether oxygens (including phenoxy) is 1. The van der Waals surface area contributed by atoms with Crippen LogP contribution in [0.1, 0.15) is 23.2 Å². The maximum Gasteiger partial charge on any atom is 0.434 e. The van der Waals surface area contributed by atoms with E-state index < -0.39 is 11.9 Å². The lowest BCUT2D eigenvalue weighted by Crippen LogP contribution is -2.39. The minimum absolute atomic E-state index is 0.346. The number of hydrogen-bond donors (Lipinski definition) is 2. The van der Waals surface area contributed by atoms with Gasteiger partial charge in [0.2, 0.25) is 0 Å². The van der Waals surface area contributed by atoms with Gasteiger partial charge in [-0.1, -0.05) is 18.2 Å². The molecule has 0 aliphatic carbocycles. The number of aliphatic imine (C=N–C) groups is 1. The highest BCUT2D eigenvalue weighted by molar-refractivity contribution is 7.09. The zero-order valence-corrected chi connectivity index (χ0v) is 16.1. The van der Waals surface area contributed by atoms with E-state index in [-0.39, 0.29) is 0 Å². The van der Waals surface area contributed by atoms with Crippen molar-refractivity contribution in [1.82, 2.24) is 15.6 Å². The number of aryl methyl sites for hydroxylation is 1. The fraction of sp³-hybridized carbons (Fsp3) is 0.444. The molecule has 27 heavy (non-hydrogen) atoms. The third kappa shape index (κ3) is 7.09. The molecule has 2 N–H and O–H groups in total. The maximum atomic E-state index is 12.6. The van der Waals surface area contributed by atoms with Crippen LogP contribution in [0, 0.1) is 6.92 Å². The van der Waals surface area contributed by atoms with Crippen molar-refractivity contribution < 1.29 is 17.9 Å². The van der Waals surface area contributed by atoms with E-state index >= 15 is 0 Å². The van der Waals surface area contributed by atoms with Gasteiger partial charge in [0.1, 0.15) is 12.4 Å². The van der Waals surface area contributed by atoms with Gasteiger partial charge in [-0.25, -0.2) is 4.98 Å². The molecule has 9 heteroatoms. The van der Waals surface area contributed by atoms with Crippen molar-refractivity contribution in [3.05, 3.63) is 45.9 Å². The third-order valence-electron chi connectivity index (χ3n) is 3.53. The summed E-state index contributed by atoms with van der Waals surface area (Å²) in [4.78, 5) is 7.97. The Kier molecular flexibility index (Phi) is 7.90. The van der Waals surface area contributed by atoms with Crippen molar-refractivity contribution in [2.24, 2.45) is 4.99 Å². The molecule has 148 valence electrons. The molecule has 0 spiro atoms. The van der Waals surface area contributed by atoms with E-state index in [4.69, 9.17) is 4.74 Å². The predicted octanol–water partition coefficient (Wildman–Crippen LogP) is 3.65. The van der Waals surface area contributed by atoms with E-state index in [0.29, 0.717) is 43.6 Å². The van der Waals surface area contributed by atoms with E-state index in [1.165, 1.54) is 0 Å². The second-order valence-corrected chi connectivity index (χ2v) is 6.62. The molecule has 0 saturated heterocycles. The average Bonchev–Trinajstić information content (AvgIpc) is 3.09. The predicted molar refractivity (Wildman–Crippen MR) is 101 cm³/mol. The number of guanidine groups is 1. The first-order valence-electron chi connectivity index (χ1n) is 8.62. The lowest BCUT2D eigenvalue weighted by molar-refractivity contribution is -0.140. The van der Waals surface area contributed by atoms with Crippen molar-refractivity contribution in [2.75, 3.05) is 26.2 Å². The molecule has 0 saturated carbocycles. The molecule has 0 aliphatic heterocycles. The Morgan fingerprint density at radius 1 is 1.26 bits per heavy atom. The Morgan fingerprint density at radius 2 is 2.04 bits per heavy atom. The topological polar surface area (TPSA) is 58.5 Å². The number of aromatic nitrogens is 1. The maximum absolute atomic E-state index is 12.6. The van der Waals surface area contributed by atoms with Crippen LogP contribution in [0.25, 0.3) is 0 Å². The molecule has 1 heterocycles. The highest BCUT2D eigenvalue weighted by atomic mass is 32.1. The van der Waals surface area contributed by atoms with Crippen LogP contribution >= 0.6 is 11.3 Å². The summed E-state index contributed by atoms with van der Waals surface area (Å²) >= 11 is 1.00. The van der Waals surface area contributed by atoms with Gasteiger partial charge in [-0.05, 0) is 25.5 Å². The lowest BCUT2D eigenvalue weighted by Gasteiger charge is -2.12. The van der Waals surface area contributed by atoms with Gasteiger partial charge >= 0.3 is 6.18 Å². The molecule has 2 rings (SSSR count). The average molecular weight is 400 g/mol. The van der Waals surface area contributed by atoms with Gasteiger partial charge in [0.05, 0.1) is 11.6 Å². The van der Waals surface area contributed by atoms with Gasteiger partial charge in [0.15, 0.2) is 11.7 Å². The van der Waals surface area contributed by atoms with Gasteiger partial charge in [-0.3, -0.25) is 4.99 Å². The summed E-state index contributed by atoms with van der Waals surface area (Å²) in [6.07, 6.45) is -4.04. The number of rotatable bonds is 8. The van der Waals surface area contributed by atoms with E-state index in [1.54, 1.807) is 0 Å². The Bertz CT molecular complexity index is 746. The van der Waals surface area contributed by atoms with Crippen molar-refractivity contribution in [3.63, 3.8) is 0 Å². The Labute approximate surface area is 160 Å². The number of halogens is 3. The molecule has 0 bridgehead atoms. The van der Waals surface area contributed by atoms with Gasteiger partial charge in [0, 0.05) is 24.9 Å². The lowest BCUT2D eigenvalue weighted by atomic mass is 10.2. The molecule has 0 fully saturated rings. The summed E-state index contributed by atoms with van der Waals surface area (Å²) in [6.45, 7) is 5.97. The van der Waals surface area contributed by atoms with Gasteiger partial charge in [-0.15, -0.1) is 11.3 Å². The molecule has 0 aliphatic rings. The highest BCUT2D eigenvalue weighted by Gasteiger charge is 2.33. The first kappa shape index (κ1) is 21.0. The first-order valence-corrected chi connectivity index (χ1v) is 9.50. The molecular weight excluding hydrogens is 377 g/mol. The molecule has 5 nitrogen and oxygen atoms in total. The zero-order valence-electron chi connectivity index (χ0n) is 15.3. The van der Waals surface area contributed by atoms with Crippen molar-refractivity contribution in [3.8, 4) is 5.75 Å². The van der Waals surface area contributed by atoms with Crippen LogP contribution in [0.5, 0.6) is 5.75 Å². The molecule has 0 radical (unpaired) electrons. The SMILES string of the molecule is CCNC(=NCCc1nc(C(F)(F)F)cs1)NCCOc1ccccc1C. The summed E-state index contributed by atoms with van der Waals surface area (Å²) < 4.78 is 43.4. The molecule has 0 atom stereocenters. The van der Waals surface area contributed by atoms with E-state index in [1.807, 2.05) is 38.1 Å². The molecule has 1 aromatic heterocycles. The van der Waals surface area contributed by atoms with Crippen LogP contribution in [0.2, 0.25) is 0 Å². The molecule has 2 aromatic rings. The molecule has 1 aromatic carbocycles. The summed E-state index contributed by atoms with van der Waals surface area (Å²) in [6, 6.07) is 7.77. The fourth-order valence-electron chi connectivity index (χ4n) is 2.21. The van der Waals surface area contributed by atoms with Crippen LogP contribution < -0.4 is 15.4 Å². The number of benzene rings is 1. The number of hydrogen-bond acceptors (Lipinski definition) is 4.